The molecule has 2 amide bonds. The maximum absolute atomic E-state index is 12.9. The van der Waals surface area contributed by atoms with Gasteiger partial charge in [-0.3, -0.25) is 19.2 Å². The summed E-state index contributed by atoms with van der Waals surface area (Å²) in [5.41, 5.74) is 9.17. The number of carbonyl (C=O) groups is 2. The highest BCUT2D eigenvalue weighted by atomic mass is 16.2. The Bertz CT molecular complexity index is 1870. The topological polar surface area (TPSA) is 162 Å². The van der Waals surface area contributed by atoms with Crippen molar-refractivity contribution in [1.82, 2.24) is 30.4 Å². The minimum atomic E-state index is -0.724. The monoisotopic (exact) mass is 521 g/mol. The third-order valence-corrected chi connectivity index (χ3v) is 7.04. The summed E-state index contributed by atoms with van der Waals surface area (Å²) in [4.78, 5) is 57.3. The van der Waals surface area contributed by atoms with Gasteiger partial charge in [-0.1, -0.05) is 35.9 Å². The SMILES string of the molecule is Cc1ccc2c(c1)CC[C@@H]2NC(=O)c1cc(C(=O)NCc2ccc3cnn(-c4c(N)c(=O)c4=O)c3c2)ncn1. The molecule has 11 heteroatoms. The number of carbonyl (C=O) groups excluding carboxylic acids is 2. The molecule has 2 heterocycles. The molecule has 194 valence electrons. The highest BCUT2D eigenvalue weighted by Gasteiger charge is 2.25. The van der Waals surface area contributed by atoms with Crippen molar-refractivity contribution in [2.45, 2.75) is 32.4 Å². The Balaban J connectivity index is 1.14. The zero-order valence-electron chi connectivity index (χ0n) is 20.9. The average Bonchev–Trinajstić information content (AvgIpc) is 3.54. The van der Waals surface area contributed by atoms with Crippen molar-refractivity contribution >= 4 is 28.4 Å². The van der Waals surface area contributed by atoms with E-state index in [9.17, 15) is 19.2 Å². The molecule has 0 fully saturated rings. The summed E-state index contributed by atoms with van der Waals surface area (Å²) in [5, 5.41) is 10.7. The van der Waals surface area contributed by atoms with Gasteiger partial charge in [-0.05, 0) is 42.5 Å². The van der Waals surface area contributed by atoms with Gasteiger partial charge in [0, 0.05) is 18.0 Å². The Hall–Kier alpha value is -5.19. The standard InChI is InChI=1S/C28H23N7O4/c1-14-2-6-18-16(8-14)5-7-19(18)34-28(39)21-10-20(31-13-32-21)27(38)30-11-15-3-4-17-12-33-35(22(17)9-15)24-23(29)25(36)26(24)37/h2-4,6,8-10,12-13,19H,5,7,11,29H2,1H3,(H,30,38)(H,34,39)/t19-/m0/s1. The Morgan fingerprint density at radius 1 is 1.03 bits per heavy atom. The number of aryl methyl sites for hydroxylation is 2. The molecule has 0 saturated heterocycles. The summed E-state index contributed by atoms with van der Waals surface area (Å²) in [6.07, 6.45) is 4.45. The van der Waals surface area contributed by atoms with Crippen LogP contribution >= 0.6 is 0 Å². The highest BCUT2D eigenvalue weighted by molar-refractivity contribution is 5.97. The first-order valence-corrected chi connectivity index (χ1v) is 12.4. The number of benzene rings is 2. The van der Waals surface area contributed by atoms with E-state index >= 15 is 0 Å². The first-order valence-electron chi connectivity index (χ1n) is 12.4. The number of anilines is 1. The molecule has 0 saturated carbocycles. The number of hydrogen-bond donors (Lipinski definition) is 3. The molecule has 39 heavy (non-hydrogen) atoms. The normalized spacial score (nSPS) is 14.4. The molecule has 6 rings (SSSR count). The predicted octanol–water partition coefficient (Wildman–Crippen LogP) is 1.65. The molecular formula is C28H23N7O4. The fraction of sp³-hybridized carbons (Fsp3) is 0.179. The summed E-state index contributed by atoms with van der Waals surface area (Å²) in [6, 6.07) is 12.8. The van der Waals surface area contributed by atoms with Crippen LogP contribution < -0.4 is 27.2 Å². The fourth-order valence-electron chi connectivity index (χ4n) is 4.97. The second-order valence-electron chi connectivity index (χ2n) is 9.61. The minimum absolute atomic E-state index is 0.0409. The highest BCUT2D eigenvalue weighted by Crippen LogP contribution is 2.31. The van der Waals surface area contributed by atoms with Crippen LogP contribution in [0.2, 0.25) is 0 Å². The maximum atomic E-state index is 12.9. The van der Waals surface area contributed by atoms with Crippen molar-refractivity contribution in [1.29, 1.82) is 0 Å². The molecule has 1 aliphatic carbocycles. The van der Waals surface area contributed by atoms with Gasteiger partial charge in [0.05, 0.1) is 17.8 Å². The number of nitrogens with two attached hydrogens (primary N) is 1. The molecule has 11 nitrogen and oxygen atoms in total. The molecule has 3 aromatic carbocycles. The van der Waals surface area contributed by atoms with Crippen LogP contribution in [0.25, 0.3) is 16.6 Å². The lowest BCUT2D eigenvalue weighted by Crippen LogP contribution is -2.38. The molecule has 0 unspecified atom stereocenters. The van der Waals surface area contributed by atoms with Gasteiger partial charge in [0.2, 0.25) is 0 Å². The molecule has 1 atom stereocenters. The minimum Gasteiger partial charge on any atom is -0.394 e. The van der Waals surface area contributed by atoms with E-state index < -0.39 is 16.8 Å². The van der Waals surface area contributed by atoms with Crippen molar-refractivity contribution in [3.05, 3.63) is 109 Å². The summed E-state index contributed by atoms with van der Waals surface area (Å²) < 4.78 is 1.33. The molecule has 0 bridgehead atoms. The number of amides is 2. The van der Waals surface area contributed by atoms with Crippen LogP contribution in [0.1, 0.15) is 55.7 Å². The fourth-order valence-corrected chi connectivity index (χ4v) is 4.97. The number of nitrogens with one attached hydrogen (secondary N) is 2. The summed E-state index contributed by atoms with van der Waals surface area (Å²) in [5.74, 6) is -0.852. The van der Waals surface area contributed by atoms with Gasteiger partial charge in [-0.25, -0.2) is 14.6 Å². The van der Waals surface area contributed by atoms with Gasteiger partial charge in [0.25, 0.3) is 22.7 Å². The zero-order chi connectivity index (χ0) is 27.3. The van der Waals surface area contributed by atoms with Crippen LogP contribution in [-0.4, -0.2) is 31.6 Å². The Labute approximate surface area is 221 Å². The van der Waals surface area contributed by atoms with E-state index in [0.717, 1.165) is 29.4 Å². The van der Waals surface area contributed by atoms with E-state index in [-0.39, 0.29) is 41.3 Å². The Kier molecular flexibility index (Phi) is 5.75. The number of hydrogen-bond acceptors (Lipinski definition) is 8. The van der Waals surface area contributed by atoms with Gasteiger partial charge in [-0.2, -0.15) is 5.10 Å². The molecule has 5 aromatic rings. The summed E-state index contributed by atoms with van der Waals surface area (Å²) >= 11 is 0. The van der Waals surface area contributed by atoms with Crippen molar-refractivity contribution in [2.24, 2.45) is 0 Å². The van der Waals surface area contributed by atoms with Crippen molar-refractivity contribution in [2.75, 3.05) is 5.73 Å². The van der Waals surface area contributed by atoms with Gasteiger partial charge >= 0.3 is 0 Å². The van der Waals surface area contributed by atoms with E-state index in [4.69, 9.17) is 5.73 Å². The van der Waals surface area contributed by atoms with Gasteiger partial charge in [-0.15, -0.1) is 0 Å². The smallest absolute Gasteiger partial charge is 0.270 e. The van der Waals surface area contributed by atoms with Crippen LogP contribution in [0, 0.1) is 6.92 Å². The Morgan fingerprint density at radius 3 is 2.62 bits per heavy atom. The number of aromatic nitrogens is 4. The first kappa shape index (κ1) is 24.2. The summed E-state index contributed by atoms with van der Waals surface area (Å²) in [6.45, 7) is 2.19. The third-order valence-electron chi connectivity index (χ3n) is 7.04. The van der Waals surface area contributed by atoms with Crippen LogP contribution in [-0.2, 0) is 13.0 Å². The van der Waals surface area contributed by atoms with Crippen molar-refractivity contribution in [3.63, 3.8) is 0 Å². The van der Waals surface area contributed by atoms with Crippen molar-refractivity contribution < 1.29 is 9.59 Å². The lowest BCUT2D eigenvalue weighted by Gasteiger charge is -2.14. The lowest BCUT2D eigenvalue weighted by atomic mass is 10.1. The maximum Gasteiger partial charge on any atom is 0.270 e. The van der Waals surface area contributed by atoms with Gasteiger partial charge in [0.15, 0.2) is 0 Å². The van der Waals surface area contributed by atoms with E-state index in [1.165, 1.54) is 28.2 Å². The van der Waals surface area contributed by atoms with E-state index in [2.05, 4.69) is 31.8 Å². The largest absolute Gasteiger partial charge is 0.394 e. The van der Waals surface area contributed by atoms with Crippen LogP contribution in [0.15, 0.2) is 64.6 Å². The lowest BCUT2D eigenvalue weighted by molar-refractivity contribution is 0.0931. The number of fused-ring (bicyclic) bond motifs is 2. The molecule has 0 spiro atoms. The van der Waals surface area contributed by atoms with E-state index in [0.29, 0.717) is 5.52 Å². The zero-order valence-corrected chi connectivity index (χ0v) is 20.9. The second-order valence-corrected chi connectivity index (χ2v) is 9.61. The van der Waals surface area contributed by atoms with Crippen LogP contribution in [0.3, 0.4) is 0 Å². The quantitative estimate of drug-likeness (QED) is 0.284. The Morgan fingerprint density at radius 2 is 1.82 bits per heavy atom. The van der Waals surface area contributed by atoms with Crippen molar-refractivity contribution in [3.8, 4) is 5.69 Å². The van der Waals surface area contributed by atoms with E-state index in [1.807, 2.05) is 19.1 Å². The van der Waals surface area contributed by atoms with Gasteiger partial charge < -0.3 is 16.4 Å². The first-order chi connectivity index (χ1) is 18.8. The second kappa shape index (κ2) is 9.28. The summed E-state index contributed by atoms with van der Waals surface area (Å²) in [7, 11) is 0. The molecule has 4 N–H and O–H groups in total. The van der Waals surface area contributed by atoms with E-state index in [1.54, 1.807) is 24.4 Å². The van der Waals surface area contributed by atoms with Crippen LogP contribution in [0.4, 0.5) is 5.69 Å². The molecule has 1 aliphatic rings. The van der Waals surface area contributed by atoms with Gasteiger partial charge in [0.1, 0.15) is 29.1 Å². The number of rotatable bonds is 6. The molecule has 0 aliphatic heterocycles. The molecule has 0 radical (unpaired) electrons. The third kappa shape index (κ3) is 4.23. The molecular weight excluding hydrogens is 498 g/mol. The average molecular weight is 522 g/mol. The number of nitrogens with zero attached hydrogens (tertiary/aromatic N) is 4. The van der Waals surface area contributed by atoms with Crippen LogP contribution in [0.5, 0.6) is 0 Å². The number of nitrogen functional groups attached to an aromatic ring is 1. The molecule has 2 aromatic heterocycles. The predicted molar refractivity (Wildman–Crippen MR) is 143 cm³/mol.